The van der Waals surface area contributed by atoms with E-state index in [4.69, 9.17) is 9.84 Å². The smallest absolute Gasteiger partial charge is 0.0547 e. The Morgan fingerprint density at radius 3 is 2.80 bits per heavy atom. The third kappa shape index (κ3) is 4.69. The van der Waals surface area contributed by atoms with Gasteiger partial charge < -0.3 is 20.1 Å². The molecule has 2 aliphatic rings. The molecular weight excluding hydrogens is 252 g/mol. The fraction of sp³-hybridized carbons (Fsp3) is 1.00. The zero-order valence-corrected chi connectivity index (χ0v) is 13.5. The molecule has 2 fully saturated rings. The summed E-state index contributed by atoms with van der Waals surface area (Å²) in [6.45, 7) is 13.3. The molecule has 2 rings (SSSR count). The minimum Gasteiger partial charge on any atom is -0.396 e. The molecule has 4 nitrogen and oxygen atoms in total. The Morgan fingerprint density at radius 2 is 2.20 bits per heavy atom. The van der Waals surface area contributed by atoms with Gasteiger partial charge in [0, 0.05) is 43.8 Å². The molecule has 2 heterocycles. The van der Waals surface area contributed by atoms with Gasteiger partial charge in [-0.1, -0.05) is 0 Å². The third-order valence-electron chi connectivity index (χ3n) is 4.65. The van der Waals surface area contributed by atoms with Crippen LogP contribution in [0.5, 0.6) is 0 Å². The van der Waals surface area contributed by atoms with Crippen LogP contribution in [0.1, 0.15) is 40.0 Å². The summed E-state index contributed by atoms with van der Waals surface area (Å²) >= 11 is 0. The van der Waals surface area contributed by atoms with Crippen LogP contribution < -0.4 is 5.32 Å². The fourth-order valence-electron chi connectivity index (χ4n) is 3.37. The van der Waals surface area contributed by atoms with Crippen molar-refractivity contribution < 1.29 is 9.84 Å². The van der Waals surface area contributed by atoms with Crippen molar-refractivity contribution in [3.63, 3.8) is 0 Å². The lowest BCUT2D eigenvalue weighted by molar-refractivity contribution is 0.110. The Kier molecular flexibility index (Phi) is 5.46. The second-order valence-corrected chi connectivity index (χ2v) is 7.81. The van der Waals surface area contributed by atoms with E-state index in [0.717, 1.165) is 45.7 Å². The summed E-state index contributed by atoms with van der Waals surface area (Å²) in [5, 5.41) is 12.7. The number of aliphatic hydroxyl groups excluding tert-OH is 1. The maximum absolute atomic E-state index is 9.07. The third-order valence-corrected chi connectivity index (χ3v) is 4.65. The van der Waals surface area contributed by atoms with Gasteiger partial charge in [0.1, 0.15) is 0 Å². The largest absolute Gasteiger partial charge is 0.396 e. The maximum atomic E-state index is 9.07. The van der Waals surface area contributed by atoms with Gasteiger partial charge in [-0.15, -0.1) is 0 Å². The molecule has 4 heteroatoms. The van der Waals surface area contributed by atoms with E-state index in [1.807, 2.05) is 0 Å². The maximum Gasteiger partial charge on any atom is 0.0547 e. The van der Waals surface area contributed by atoms with E-state index in [9.17, 15) is 0 Å². The van der Waals surface area contributed by atoms with Crippen molar-refractivity contribution in [3.8, 4) is 0 Å². The monoisotopic (exact) mass is 284 g/mol. The molecule has 0 amide bonds. The summed E-state index contributed by atoms with van der Waals surface area (Å²) < 4.78 is 5.70. The van der Waals surface area contributed by atoms with E-state index in [2.05, 4.69) is 31.0 Å². The summed E-state index contributed by atoms with van der Waals surface area (Å²) in [5.41, 5.74) is 0.446. The van der Waals surface area contributed by atoms with Crippen LogP contribution in [0.25, 0.3) is 0 Å². The number of hydrogen-bond acceptors (Lipinski definition) is 4. The number of nitrogens with zero attached hydrogens (tertiary/aromatic N) is 1. The summed E-state index contributed by atoms with van der Waals surface area (Å²) in [5.74, 6) is 0.690. The predicted molar refractivity (Wildman–Crippen MR) is 81.9 cm³/mol. The van der Waals surface area contributed by atoms with Gasteiger partial charge in [-0.2, -0.15) is 0 Å². The molecule has 118 valence electrons. The molecule has 0 bridgehead atoms. The standard InChI is InChI=1S/C16H32N2O2/c1-15(2,3)17-11-16(6-9-20-13-16)12-18-7-4-14(10-18)5-8-19/h14,17,19H,4-13H2,1-3H3. The highest BCUT2D eigenvalue weighted by Gasteiger charge is 2.38. The quantitative estimate of drug-likeness (QED) is 0.775. The molecule has 0 aromatic rings. The van der Waals surface area contributed by atoms with E-state index in [1.54, 1.807) is 0 Å². The van der Waals surface area contributed by atoms with E-state index < -0.39 is 0 Å². The second-order valence-electron chi connectivity index (χ2n) is 7.81. The van der Waals surface area contributed by atoms with E-state index in [0.29, 0.717) is 12.5 Å². The van der Waals surface area contributed by atoms with Crippen molar-refractivity contribution in [2.24, 2.45) is 11.3 Å². The average molecular weight is 284 g/mol. The molecule has 20 heavy (non-hydrogen) atoms. The molecule has 0 aromatic carbocycles. The molecule has 2 unspecified atom stereocenters. The second kappa shape index (κ2) is 6.73. The topological polar surface area (TPSA) is 44.7 Å². The first-order valence-electron chi connectivity index (χ1n) is 8.08. The molecule has 2 aliphatic heterocycles. The lowest BCUT2D eigenvalue weighted by atomic mass is 9.85. The molecular formula is C16H32N2O2. The molecule has 2 atom stereocenters. The van der Waals surface area contributed by atoms with Crippen LogP contribution in [0.3, 0.4) is 0 Å². The lowest BCUT2D eigenvalue weighted by Gasteiger charge is -2.35. The van der Waals surface area contributed by atoms with Gasteiger partial charge in [0.15, 0.2) is 0 Å². The number of aliphatic hydroxyl groups is 1. The van der Waals surface area contributed by atoms with E-state index >= 15 is 0 Å². The summed E-state index contributed by atoms with van der Waals surface area (Å²) in [6, 6.07) is 0. The van der Waals surface area contributed by atoms with Crippen LogP contribution in [-0.4, -0.2) is 61.5 Å². The van der Waals surface area contributed by atoms with Crippen LogP contribution in [0.4, 0.5) is 0 Å². The van der Waals surface area contributed by atoms with Crippen molar-refractivity contribution in [2.75, 3.05) is 46.0 Å². The zero-order valence-electron chi connectivity index (χ0n) is 13.5. The van der Waals surface area contributed by atoms with Crippen molar-refractivity contribution in [1.29, 1.82) is 0 Å². The number of nitrogens with one attached hydrogen (secondary N) is 1. The molecule has 0 aromatic heterocycles. The first kappa shape index (κ1) is 16.2. The highest BCUT2D eigenvalue weighted by atomic mass is 16.5. The van der Waals surface area contributed by atoms with Crippen LogP contribution in [0.15, 0.2) is 0 Å². The summed E-state index contributed by atoms with van der Waals surface area (Å²) in [4.78, 5) is 2.58. The Morgan fingerprint density at radius 1 is 1.40 bits per heavy atom. The number of rotatable bonds is 6. The van der Waals surface area contributed by atoms with E-state index in [-0.39, 0.29) is 11.0 Å². The van der Waals surface area contributed by atoms with Gasteiger partial charge in [-0.25, -0.2) is 0 Å². The fourth-order valence-corrected chi connectivity index (χ4v) is 3.37. The zero-order chi connectivity index (χ0) is 14.6. The van der Waals surface area contributed by atoms with Crippen molar-refractivity contribution in [2.45, 2.75) is 45.6 Å². The van der Waals surface area contributed by atoms with E-state index in [1.165, 1.54) is 13.0 Å². The molecule has 2 saturated heterocycles. The predicted octanol–water partition coefficient (Wildman–Crippen LogP) is 1.49. The van der Waals surface area contributed by atoms with Gasteiger partial charge in [-0.3, -0.25) is 0 Å². The minimum absolute atomic E-state index is 0.167. The van der Waals surface area contributed by atoms with Crippen LogP contribution >= 0.6 is 0 Å². The highest BCUT2D eigenvalue weighted by molar-refractivity contribution is 4.92. The SMILES string of the molecule is CC(C)(C)NCC1(CN2CCC(CCO)C2)CCOC1. The normalized spacial score (nSPS) is 32.1. The summed E-state index contributed by atoms with van der Waals surface area (Å²) in [7, 11) is 0. The van der Waals surface area contributed by atoms with Gasteiger partial charge >= 0.3 is 0 Å². The molecule has 0 aliphatic carbocycles. The van der Waals surface area contributed by atoms with Crippen LogP contribution in [-0.2, 0) is 4.74 Å². The van der Waals surface area contributed by atoms with Crippen LogP contribution in [0, 0.1) is 11.3 Å². The van der Waals surface area contributed by atoms with Gasteiger partial charge in [0.2, 0.25) is 0 Å². The van der Waals surface area contributed by atoms with Crippen LogP contribution in [0.2, 0.25) is 0 Å². The van der Waals surface area contributed by atoms with Crippen molar-refractivity contribution in [3.05, 3.63) is 0 Å². The Bertz CT molecular complexity index is 295. The van der Waals surface area contributed by atoms with Crippen molar-refractivity contribution in [1.82, 2.24) is 10.2 Å². The Balaban J connectivity index is 1.86. The lowest BCUT2D eigenvalue weighted by Crippen LogP contribution is -2.49. The molecule has 0 radical (unpaired) electrons. The molecule has 0 spiro atoms. The number of hydrogen-bond donors (Lipinski definition) is 2. The summed E-state index contributed by atoms with van der Waals surface area (Å²) in [6.07, 6.45) is 3.36. The molecule has 2 N–H and O–H groups in total. The number of likely N-dealkylation sites (tertiary alicyclic amines) is 1. The Labute approximate surface area is 123 Å². The molecule has 0 saturated carbocycles. The highest BCUT2D eigenvalue weighted by Crippen LogP contribution is 2.32. The minimum atomic E-state index is 0.167. The number of ether oxygens (including phenoxy) is 1. The average Bonchev–Trinajstić information content (AvgIpc) is 2.98. The van der Waals surface area contributed by atoms with Crippen molar-refractivity contribution >= 4 is 0 Å². The first-order chi connectivity index (χ1) is 9.42. The first-order valence-corrected chi connectivity index (χ1v) is 8.08. The van der Waals surface area contributed by atoms with Gasteiger partial charge in [0.05, 0.1) is 6.61 Å². The Hall–Kier alpha value is -0.160. The van der Waals surface area contributed by atoms with Gasteiger partial charge in [0.25, 0.3) is 0 Å². The van der Waals surface area contributed by atoms with Gasteiger partial charge in [-0.05, 0) is 52.5 Å².